The zero-order chi connectivity index (χ0) is 10.4. The van der Waals surface area contributed by atoms with Gasteiger partial charge < -0.3 is 0 Å². The van der Waals surface area contributed by atoms with Gasteiger partial charge in [0.15, 0.2) is 0 Å². The molecule has 1 aromatic heterocycles. The van der Waals surface area contributed by atoms with Crippen LogP contribution in [0.15, 0.2) is 24.3 Å². The molecule has 14 heavy (non-hydrogen) atoms. The zero-order valence-corrected chi connectivity index (χ0v) is 9.99. The number of aromatic nitrogens is 3. The van der Waals surface area contributed by atoms with Crippen LogP contribution < -0.4 is 0 Å². The summed E-state index contributed by atoms with van der Waals surface area (Å²) in [5, 5.41) is 8.44. The molecule has 1 aromatic carbocycles. The van der Waals surface area contributed by atoms with E-state index in [4.69, 9.17) is 0 Å². The summed E-state index contributed by atoms with van der Waals surface area (Å²) < 4.78 is 2.10. The van der Waals surface area contributed by atoms with Gasteiger partial charge in [-0.15, -0.1) is 0 Å². The third-order valence-corrected chi connectivity index (χ3v) is 3.90. The molecule has 0 fully saturated rings. The van der Waals surface area contributed by atoms with Crippen LogP contribution in [-0.2, 0) is 0 Å². The first-order valence-corrected chi connectivity index (χ1v) is 8.64. The quantitative estimate of drug-likeness (QED) is 0.674. The second-order valence-electron chi connectivity index (χ2n) is 5.45. The van der Waals surface area contributed by atoms with Crippen LogP contribution >= 0.6 is 6.75 Å². The minimum absolute atomic E-state index is 0.980. The van der Waals surface area contributed by atoms with Gasteiger partial charge in [0, 0.05) is 0 Å². The fourth-order valence-electron chi connectivity index (χ4n) is 1.45. The Kier molecular flexibility index (Phi) is 1.74. The summed E-state index contributed by atoms with van der Waals surface area (Å²) in [7, 11) is 0. The summed E-state index contributed by atoms with van der Waals surface area (Å²) in [5.41, 5.74) is 2.12. The average Bonchev–Trinajstić information content (AvgIpc) is 2.44. The molecule has 0 saturated heterocycles. The molecule has 0 amide bonds. The van der Waals surface area contributed by atoms with Gasteiger partial charge in [0.25, 0.3) is 0 Å². The van der Waals surface area contributed by atoms with Gasteiger partial charge in [-0.05, 0) is 0 Å². The van der Waals surface area contributed by atoms with E-state index in [0.29, 0.717) is 0 Å². The van der Waals surface area contributed by atoms with Crippen molar-refractivity contribution < 1.29 is 0 Å². The molecule has 1 heterocycles. The SMILES string of the molecule is CP(C)(C)(C)n1nnc2ccccc21. The van der Waals surface area contributed by atoms with Crippen molar-refractivity contribution >= 4 is 17.8 Å². The molecule has 2 aromatic rings. The second kappa shape index (κ2) is 2.54. The van der Waals surface area contributed by atoms with Crippen LogP contribution in [0.3, 0.4) is 0 Å². The first-order valence-electron chi connectivity index (χ1n) is 4.66. The van der Waals surface area contributed by atoms with E-state index >= 15 is 0 Å². The van der Waals surface area contributed by atoms with E-state index < -0.39 is 6.75 Å². The van der Waals surface area contributed by atoms with Crippen LogP contribution in [-0.4, -0.2) is 41.4 Å². The molecule has 0 atom stereocenters. The molecule has 0 spiro atoms. The van der Waals surface area contributed by atoms with Gasteiger partial charge in [0.05, 0.1) is 0 Å². The van der Waals surface area contributed by atoms with E-state index in [1.807, 2.05) is 18.2 Å². The van der Waals surface area contributed by atoms with Crippen molar-refractivity contribution in [2.45, 2.75) is 0 Å². The zero-order valence-electron chi connectivity index (χ0n) is 9.10. The van der Waals surface area contributed by atoms with Crippen molar-refractivity contribution in [2.75, 3.05) is 26.7 Å². The summed E-state index contributed by atoms with van der Waals surface area (Å²) in [5.74, 6) is 0. The Morgan fingerprint density at radius 3 is 2.36 bits per heavy atom. The van der Waals surface area contributed by atoms with E-state index in [-0.39, 0.29) is 0 Å². The molecule has 0 N–H and O–H groups in total. The van der Waals surface area contributed by atoms with Crippen LogP contribution in [0.5, 0.6) is 0 Å². The number of benzene rings is 1. The molecule has 0 unspecified atom stereocenters. The Morgan fingerprint density at radius 2 is 1.71 bits per heavy atom. The second-order valence-corrected chi connectivity index (χ2v) is 12.8. The fourth-order valence-corrected chi connectivity index (χ4v) is 2.84. The molecule has 0 aliphatic rings. The van der Waals surface area contributed by atoms with Crippen molar-refractivity contribution in [3.63, 3.8) is 0 Å². The Hall–Kier alpha value is -0.950. The topological polar surface area (TPSA) is 30.7 Å². The third kappa shape index (κ3) is 1.53. The normalized spacial score (nSPS) is 15.3. The molecule has 3 nitrogen and oxygen atoms in total. The average molecular weight is 209 g/mol. The molecule has 0 saturated carbocycles. The Labute approximate surface area is 84.1 Å². The number of nitrogens with zero attached hydrogens (tertiary/aromatic N) is 3. The van der Waals surface area contributed by atoms with Crippen molar-refractivity contribution in [2.24, 2.45) is 0 Å². The molecule has 2 rings (SSSR count). The van der Waals surface area contributed by atoms with Crippen molar-refractivity contribution in [3.05, 3.63) is 24.3 Å². The van der Waals surface area contributed by atoms with Crippen LogP contribution in [0, 0.1) is 0 Å². The molecule has 76 valence electrons. The standard InChI is InChI=1S/C10H16N3P/c1-14(2,3,4)13-10-8-6-5-7-9(10)11-12-13/h5-8H,1-4H3. The predicted octanol–water partition coefficient (Wildman–Crippen LogP) is 2.27. The molecular formula is C10H16N3P. The molecule has 0 aliphatic carbocycles. The Balaban J connectivity index is 2.77. The minimum atomic E-state index is -1.87. The third-order valence-electron chi connectivity index (χ3n) is 2.09. The summed E-state index contributed by atoms with van der Waals surface area (Å²) >= 11 is 0. The first kappa shape index (κ1) is 9.60. The fraction of sp³-hybridized carbons (Fsp3) is 0.400. The van der Waals surface area contributed by atoms with Crippen molar-refractivity contribution in [3.8, 4) is 0 Å². The van der Waals surface area contributed by atoms with E-state index in [1.54, 1.807) is 0 Å². The Morgan fingerprint density at radius 1 is 1.07 bits per heavy atom. The van der Waals surface area contributed by atoms with E-state index in [9.17, 15) is 0 Å². The van der Waals surface area contributed by atoms with E-state index in [2.05, 4.69) is 47.5 Å². The van der Waals surface area contributed by atoms with E-state index in [0.717, 1.165) is 11.0 Å². The monoisotopic (exact) mass is 209 g/mol. The number of hydrogen-bond donors (Lipinski definition) is 0. The number of fused-ring (bicyclic) bond motifs is 1. The van der Waals surface area contributed by atoms with Crippen LogP contribution in [0.25, 0.3) is 11.0 Å². The van der Waals surface area contributed by atoms with Gasteiger partial charge in [-0.2, -0.15) is 0 Å². The van der Waals surface area contributed by atoms with Crippen LogP contribution in [0.4, 0.5) is 0 Å². The molecule has 4 heteroatoms. The van der Waals surface area contributed by atoms with Gasteiger partial charge in [-0.1, -0.05) is 0 Å². The summed E-state index contributed by atoms with van der Waals surface area (Å²) in [6.45, 7) is 7.21. The van der Waals surface area contributed by atoms with Crippen LogP contribution in [0.1, 0.15) is 0 Å². The molecule has 0 bridgehead atoms. The van der Waals surface area contributed by atoms with Crippen LogP contribution in [0.2, 0.25) is 0 Å². The Bertz CT molecular complexity index is 469. The van der Waals surface area contributed by atoms with Gasteiger partial charge in [-0.25, -0.2) is 0 Å². The number of hydrogen-bond acceptors (Lipinski definition) is 2. The molecule has 0 aliphatic heterocycles. The maximum absolute atomic E-state index is 4.26. The van der Waals surface area contributed by atoms with Crippen molar-refractivity contribution in [1.82, 2.24) is 14.8 Å². The first-order chi connectivity index (χ1) is 6.35. The number of para-hydroxylation sites is 1. The van der Waals surface area contributed by atoms with Gasteiger partial charge in [0.1, 0.15) is 0 Å². The maximum atomic E-state index is 4.26. The van der Waals surface area contributed by atoms with Gasteiger partial charge in [-0.3, -0.25) is 0 Å². The van der Waals surface area contributed by atoms with Crippen molar-refractivity contribution in [1.29, 1.82) is 0 Å². The molecule has 0 radical (unpaired) electrons. The van der Waals surface area contributed by atoms with Gasteiger partial charge >= 0.3 is 83.5 Å². The summed E-state index contributed by atoms with van der Waals surface area (Å²) in [6, 6.07) is 8.11. The number of rotatable bonds is 1. The van der Waals surface area contributed by atoms with E-state index in [1.165, 1.54) is 0 Å². The van der Waals surface area contributed by atoms with Gasteiger partial charge in [0.2, 0.25) is 0 Å². The summed E-state index contributed by atoms with van der Waals surface area (Å²) in [4.78, 5) is 0. The predicted molar refractivity (Wildman–Crippen MR) is 63.5 cm³/mol. The summed E-state index contributed by atoms with van der Waals surface area (Å²) in [6.07, 6.45) is 0. The molecular weight excluding hydrogens is 193 g/mol.